The molecular weight excluding hydrogens is 230 g/mol. The van der Waals surface area contributed by atoms with E-state index in [2.05, 4.69) is 4.98 Å². The third-order valence-electron chi connectivity index (χ3n) is 2.71. The lowest BCUT2D eigenvalue weighted by molar-refractivity contribution is 0.0989. The summed E-state index contributed by atoms with van der Waals surface area (Å²) in [6.45, 7) is 0. The molecule has 0 unspecified atom stereocenters. The predicted octanol–water partition coefficient (Wildman–Crippen LogP) is 2.46. The molecule has 1 N–H and O–H groups in total. The maximum Gasteiger partial charge on any atom is 0.183 e. The summed E-state index contributed by atoms with van der Waals surface area (Å²) in [5, 5.41) is 0. The molecule has 0 radical (unpaired) electrons. The van der Waals surface area contributed by atoms with Crippen LogP contribution in [0.1, 0.15) is 16.1 Å². The van der Waals surface area contributed by atoms with Gasteiger partial charge in [0.05, 0.1) is 19.9 Å². The lowest BCUT2D eigenvalue weighted by atomic mass is 10.1. The smallest absolute Gasteiger partial charge is 0.183 e. The monoisotopic (exact) mass is 245 g/mol. The highest BCUT2D eigenvalue weighted by Crippen LogP contribution is 2.27. The Bertz CT molecular complexity index is 532. The average molecular weight is 245 g/mol. The van der Waals surface area contributed by atoms with Crippen molar-refractivity contribution in [2.75, 3.05) is 14.2 Å². The Morgan fingerprint density at radius 3 is 2.56 bits per heavy atom. The number of methoxy groups -OCH3 is 2. The van der Waals surface area contributed by atoms with E-state index in [0.717, 1.165) is 5.56 Å². The van der Waals surface area contributed by atoms with E-state index in [1.54, 1.807) is 32.5 Å². The van der Waals surface area contributed by atoms with Crippen molar-refractivity contribution < 1.29 is 14.3 Å². The van der Waals surface area contributed by atoms with Gasteiger partial charge >= 0.3 is 0 Å². The third-order valence-corrected chi connectivity index (χ3v) is 2.71. The summed E-state index contributed by atoms with van der Waals surface area (Å²) in [7, 11) is 3.16. The molecule has 1 aromatic heterocycles. The van der Waals surface area contributed by atoms with Gasteiger partial charge in [0.2, 0.25) is 0 Å². The number of H-pyrrole nitrogens is 1. The molecule has 2 aromatic rings. The molecule has 0 spiro atoms. The maximum absolute atomic E-state index is 11.9. The number of hydrogen-bond acceptors (Lipinski definition) is 3. The zero-order valence-corrected chi connectivity index (χ0v) is 10.4. The van der Waals surface area contributed by atoms with Crippen LogP contribution in [0.5, 0.6) is 11.5 Å². The van der Waals surface area contributed by atoms with E-state index < -0.39 is 0 Å². The van der Waals surface area contributed by atoms with Crippen molar-refractivity contribution in [1.82, 2.24) is 4.98 Å². The molecule has 0 aliphatic rings. The summed E-state index contributed by atoms with van der Waals surface area (Å²) in [5.74, 6) is 1.34. The Balaban J connectivity index is 2.17. The Morgan fingerprint density at radius 1 is 1.17 bits per heavy atom. The largest absolute Gasteiger partial charge is 0.493 e. The van der Waals surface area contributed by atoms with Crippen LogP contribution in [0, 0.1) is 0 Å². The van der Waals surface area contributed by atoms with Crippen molar-refractivity contribution in [3.05, 3.63) is 47.8 Å². The minimum Gasteiger partial charge on any atom is -0.493 e. The van der Waals surface area contributed by atoms with Gasteiger partial charge in [-0.2, -0.15) is 0 Å². The van der Waals surface area contributed by atoms with Gasteiger partial charge in [-0.15, -0.1) is 0 Å². The van der Waals surface area contributed by atoms with E-state index in [1.807, 2.05) is 18.2 Å². The first-order chi connectivity index (χ1) is 8.74. The molecule has 0 saturated heterocycles. The van der Waals surface area contributed by atoms with Crippen molar-refractivity contribution in [3.8, 4) is 11.5 Å². The molecule has 0 aliphatic carbocycles. The second kappa shape index (κ2) is 5.40. The molecule has 0 saturated carbocycles. The van der Waals surface area contributed by atoms with Crippen LogP contribution in [-0.4, -0.2) is 25.0 Å². The summed E-state index contributed by atoms with van der Waals surface area (Å²) in [5.41, 5.74) is 1.51. The number of rotatable bonds is 5. The molecule has 0 aliphatic heterocycles. The Kier molecular flexibility index (Phi) is 3.67. The average Bonchev–Trinajstić information content (AvgIpc) is 2.92. The first-order valence-corrected chi connectivity index (χ1v) is 5.62. The van der Waals surface area contributed by atoms with Crippen molar-refractivity contribution >= 4 is 5.78 Å². The fourth-order valence-electron chi connectivity index (χ4n) is 1.77. The number of Topliss-reactive ketones (excluding diaryl/α,β-unsaturated/α-hetero) is 1. The summed E-state index contributed by atoms with van der Waals surface area (Å²) in [4.78, 5) is 14.8. The number of aromatic amines is 1. The number of nitrogens with one attached hydrogen (secondary N) is 1. The predicted molar refractivity (Wildman–Crippen MR) is 68.4 cm³/mol. The van der Waals surface area contributed by atoms with Crippen LogP contribution in [-0.2, 0) is 6.42 Å². The Morgan fingerprint density at radius 2 is 1.94 bits per heavy atom. The molecule has 18 heavy (non-hydrogen) atoms. The topological polar surface area (TPSA) is 51.3 Å². The summed E-state index contributed by atoms with van der Waals surface area (Å²) in [6.07, 6.45) is 2.07. The zero-order chi connectivity index (χ0) is 13.0. The number of ether oxygens (including phenoxy) is 2. The number of hydrogen-bond donors (Lipinski definition) is 1. The quantitative estimate of drug-likeness (QED) is 0.823. The fourth-order valence-corrected chi connectivity index (χ4v) is 1.77. The maximum atomic E-state index is 11.9. The highest BCUT2D eigenvalue weighted by atomic mass is 16.5. The van der Waals surface area contributed by atoms with Crippen LogP contribution < -0.4 is 9.47 Å². The van der Waals surface area contributed by atoms with Gasteiger partial charge in [0.15, 0.2) is 17.3 Å². The van der Waals surface area contributed by atoms with Crippen LogP contribution in [0.15, 0.2) is 36.5 Å². The molecule has 2 rings (SSSR count). The van der Waals surface area contributed by atoms with Crippen molar-refractivity contribution in [1.29, 1.82) is 0 Å². The third kappa shape index (κ3) is 2.53. The fraction of sp³-hybridized carbons (Fsp3) is 0.214. The van der Waals surface area contributed by atoms with Crippen LogP contribution in [0.2, 0.25) is 0 Å². The first-order valence-electron chi connectivity index (χ1n) is 5.62. The number of carbonyl (C=O) groups excluding carboxylic acids is 1. The van der Waals surface area contributed by atoms with Crippen molar-refractivity contribution in [2.24, 2.45) is 0 Å². The summed E-state index contributed by atoms with van der Waals surface area (Å²) in [6, 6.07) is 9.06. The van der Waals surface area contributed by atoms with E-state index in [1.165, 1.54) is 0 Å². The van der Waals surface area contributed by atoms with Crippen LogP contribution in [0.25, 0.3) is 0 Å². The van der Waals surface area contributed by atoms with E-state index >= 15 is 0 Å². The molecule has 94 valence electrons. The summed E-state index contributed by atoms with van der Waals surface area (Å²) >= 11 is 0. The minimum absolute atomic E-state index is 0.0484. The van der Waals surface area contributed by atoms with Gasteiger partial charge in [-0.05, 0) is 29.8 Å². The second-order valence-electron chi connectivity index (χ2n) is 3.87. The Labute approximate surface area is 106 Å². The molecular formula is C14H15NO3. The normalized spacial score (nSPS) is 10.1. The van der Waals surface area contributed by atoms with Gasteiger partial charge in [-0.3, -0.25) is 4.79 Å². The van der Waals surface area contributed by atoms with Crippen molar-refractivity contribution in [3.63, 3.8) is 0 Å². The van der Waals surface area contributed by atoms with Crippen LogP contribution in [0.4, 0.5) is 0 Å². The van der Waals surface area contributed by atoms with Crippen LogP contribution in [0.3, 0.4) is 0 Å². The molecule has 4 heteroatoms. The molecule has 0 atom stereocenters. The first kappa shape index (κ1) is 12.2. The molecule has 0 fully saturated rings. The number of carbonyl (C=O) groups is 1. The van der Waals surface area contributed by atoms with Crippen LogP contribution >= 0.6 is 0 Å². The lowest BCUT2D eigenvalue weighted by Crippen LogP contribution is -2.04. The highest BCUT2D eigenvalue weighted by molar-refractivity contribution is 5.95. The van der Waals surface area contributed by atoms with E-state index in [4.69, 9.17) is 9.47 Å². The number of aromatic nitrogens is 1. The molecule has 1 aromatic carbocycles. The van der Waals surface area contributed by atoms with E-state index in [0.29, 0.717) is 23.6 Å². The summed E-state index contributed by atoms with van der Waals surface area (Å²) < 4.78 is 10.4. The van der Waals surface area contributed by atoms with Gasteiger partial charge in [0.1, 0.15) is 0 Å². The lowest BCUT2D eigenvalue weighted by Gasteiger charge is -2.08. The van der Waals surface area contributed by atoms with Crippen molar-refractivity contribution in [2.45, 2.75) is 6.42 Å². The molecule has 0 bridgehead atoms. The van der Waals surface area contributed by atoms with Gasteiger partial charge in [-0.1, -0.05) is 6.07 Å². The molecule has 0 amide bonds. The number of benzene rings is 1. The number of ketones is 1. The minimum atomic E-state index is 0.0484. The Hall–Kier alpha value is -2.23. The van der Waals surface area contributed by atoms with Gasteiger partial charge in [0.25, 0.3) is 0 Å². The molecule has 4 nitrogen and oxygen atoms in total. The van der Waals surface area contributed by atoms with E-state index in [9.17, 15) is 4.79 Å². The standard InChI is InChI=1S/C14H15NO3/c1-17-13-6-5-10(9-14(13)18-2)8-12(16)11-4-3-7-15-11/h3-7,9,15H,8H2,1-2H3. The highest BCUT2D eigenvalue weighted by Gasteiger charge is 2.10. The SMILES string of the molecule is COc1ccc(CC(=O)c2ccc[nH]2)cc1OC. The van der Waals surface area contributed by atoms with Gasteiger partial charge in [-0.25, -0.2) is 0 Å². The van der Waals surface area contributed by atoms with Gasteiger partial charge in [0, 0.05) is 12.6 Å². The van der Waals surface area contributed by atoms with E-state index in [-0.39, 0.29) is 5.78 Å². The van der Waals surface area contributed by atoms with Gasteiger partial charge < -0.3 is 14.5 Å². The molecule has 1 heterocycles. The zero-order valence-electron chi connectivity index (χ0n) is 10.4. The second-order valence-corrected chi connectivity index (χ2v) is 3.87.